The van der Waals surface area contributed by atoms with Gasteiger partial charge in [-0.15, -0.1) is 0 Å². The molecule has 1 unspecified atom stereocenters. The van der Waals surface area contributed by atoms with Crippen molar-refractivity contribution in [2.24, 2.45) is 11.1 Å². The number of carbonyl (C=O) groups excluding carboxylic acids is 1. The summed E-state index contributed by atoms with van der Waals surface area (Å²) >= 11 is 0. The average molecular weight is 264 g/mol. The number of amides is 1. The molecule has 0 aromatic heterocycles. The molecule has 5 heteroatoms. The van der Waals surface area contributed by atoms with Gasteiger partial charge in [-0.05, 0) is 23.1 Å². The van der Waals surface area contributed by atoms with Crippen molar-refractivity contribution in [2.45, 2.75) is 33.4 Å². The first kappa shape index (κ1) is 15.2. The van der Waals surface area contributed by atoms with Gasteiger partial charge < -0.3 is 16.2 Å². The van der Waals surface area contributed by atoms with Crippen molar-refractivity contribution in [1.29, 1.82) is 0 Å². The molecule has 0 saturated heterocycles. The van der Waals surface area contributed by atoms with Crippen molar-refractivity contribution in [1.82, 2.24) is 5.32 Å². The Morgan fingerprint density at radius 3 is 2.53 bits per heavy atom. The van der Waals surface area contributed by atoms with E-state index in [0.29, 0.717) is 0 Å². The van der Waals surface area contributed by atoms with E-state index >= 15 is 0 Å². The molecule has 0 fully saturated rings. The highest BCUT2D eigenvalue weighted by molar-refractivity contribution is 5.87. The molecule has 0 bridgehead atoms. The van der Waals surface area contributed by atoms with Crippen LogP contribution in [-0.4, -0.2) is 23.0 Å². The summed E-state index contributed by atoms with van der Waals surface area (Å²) in [5, 5.41) is 11.6. The quantitative estimate of drug-likeness (QED) is 0.766. The molecule has 0 spiro atoms. The molecule has 5 nitrogen and oxygen atoms in total. The van der Waals surface area contributed by atoms with Crippen LogP contribution in [0.5, 0.6) is 0 Å². The second-order valence-electron chi connectivity index (χ2n) is 5.57. The standard InChI is InChI=1S/C14H20N2O3/c1-14(2,3)11(15)12(17)16-8-9-5-4-6-10(7-9)13(18)19/h4-7,11H,8,15H2,1-3H3,(H,16,17)(H,18,19). The fraction of sp³-hybridized carbons (Fsp3) is 0.429. The smallest absolute Gasteiger partial charge is 0.335 e. The molecule has 1 aromatic rings. The second kappa shape index (κ2) is 5.84. The molecule has 0 saturated carbocycles. The zero-order valence-corrected chi connectivity index (χ0v) is 11.4. The van der Waals surface area contributed by atoms with E-state index in [9.17, 15) is 9.59 Å². The van der Waals surface area contributed by atoms with Gasteiger partial charge in [-0.1, -0.05) is 32.9 Å². The number of rotatable bonds is 4. The molecule has 1 rings (SSSR count). The Hall–Kier alpha value is -1.88. The summed E-state index contributed by atoms with van der Waals surface area (Å²) in [4.78, 5) is 22.7. The summed E-state index contributed by atoms with van der Waals surface area (Å²) in [5.41, 5.74) is 6.45. The van der Waals surface area contributed by atoms with E-state index in [1.165, 1.54) is 12.1 Å². The molecule has 1 amide bonds. The molecule has 1 aromatic carbocycles. The van der Waals surface area contributed by atoms with Crippen LogP contribution in [0.2, 0.25) is 0 Å². The molecular formula is C14H20N2O3. The van der Waals surface area contributed by atoms with E-state index < -0.39 is 12.0 Å². The summed E-state index contributed by atoms with van der Waals surface area (Å²) in [7, 11) is 0. The number of nitrogens with two attached hydrogens (primary N) is 1. The normalized spacial score (nSPS) is 12.8. The van der Waals surface area contributed by atoms with Crippen molar-refractivity contribution in [3.63, 3.8) is 0 Å². The highest BCUT2D eigenvalue weighted by atomic mass is 16.4. The maximum absolute atomic E-state index is 11.8. The molecule has 0 aliphatic rings. The van der Waals surface area contributed by atoms with E-state index in [0.717, 1.165) is 5.56 Å². The third-order valence-corrected chi connectivity index (χ3v) is 2.86. The molecule has 104 valence electrons. The number of aromatic carboxylic acids is 1. The Morgan fingerprint density at radius 1 is 1.37 bits per heavy atom. The summed E-state index contributed by atoms with van der Waals surface area (Å²) in [6, 6.07) is 5.85. The minimum Gasteiger partial charge on any atom is -0.478 e. The third kappa shape index (κ3) is 4.37. The lowest BCUT2D eigenvalue weighted by Crippen LogP contribution is -2.48. The Morgan fingerprint density at radius 2 is 2.00 bits per heavy atom. The second-order valence-corrected chi connectivity index (χ2v) is 5.57. The van der Waals surface area contributed by atoms with E-state index in [1.54, 1.807) is 12.1 Å². The molecule has 19 heavy (non-hydrogen) atoms. The van der Waals surface area contributed by atoms with Crippen LogP contribution in [0.4, 0.5) is 0 Å². The number of hydrogen-bond donors (Lipinski definition) is 3. The van der Waals surface area contributed by atoms with Crippen LogP contribution >= 0.6 is 0 Å². The van der Waals surface area contributed by atoms with Crippen LogP contribution in [-0.2, 0) is 11.3 Å². The van der Waals surface area contributed by atoms with Gasteiger partial charge in [0.15, 0.2) is 0 Å². The Labute approximate surface area is 112 Å². The Balaban J connectivity index is 2.65. The van der Waals surface area contributed by atoms with Crippen molar-refractivity contribution in [2.75, 3.05) is 0 Å². The number of carbonyl (C=O) groups is 2. The van der Waals surface area contributed by atoms with Gasteiger partial charge in [0.25, 0.3) is 0 Å². The number of carboxylic acid groups (broad SMARTS) is 1. The fourth-order valence-corrected chi connectivity index (χ4v) is 1.51. The van der Waals surface area contributed by atoms with Crippen LogP contribution in [0, 0.1) is 5.41 Å². The summed E-state index contributed by atoms with van der Waals surface area (Å²) < 4.78 is 0. The number of benzene rings is 1. The maximum atomic E-state index is 11.8. The topological polar surface area (TPSA) is 92.4 Å². The van der Waals surface area contributed by atoms with E-state index in [1.807, 2.05) is 20.8 Å². The zero-order chi connectivity index (χ0) is 14.6. The van der Waals surface area contributed by atoms with Gasteiger partial charge in [0.05, 0.1) is 11.6 Å². The van der Waals surface area contributed by atoms with Crippen molar-refractivity contribution in [3.8, 4) is 0 Å². The molecule has 1 atom stereocenters. The van der Waals surface area contributed by atoms with Gasteiger partial charge in [0, 0.05) is 6.54 Å². The fourth-order valence-electron chi connectivity index (χ4n) is 1.51. The summed E-state index contributed by atoms with van der Waals surface area (Å²) in [6.45, 7) is 5.94. The molecule has 0 aliphatic heterocycles. The van der Waals surface area contributed by atoms with Crippen LogP contribution in [0.15, 0.2) is 24.3 Å². The zero-order valence-electron chi connectivity index (χ0n) is 11.4. The van der Waals surface area contributed by atoms with Crippen molar-refractivity contribution >= 4 is 11.9 Å². The Bertz CT molecular complexity index is 478. The van der Waals surface area contributed by atoms with Crippen LogP contribution in [0.25, 0.3) is 0 Å². The van der Waals surface area contributed by atoms with E-state index in [2.05, 4.69) is 5.32 Å². The SMILES string of the molecule is CC(C)(C)C(N)C(=O)NCc1cccc(C(=O)O)c1. The van der Waals surface area contributed by atoms with E-state index in [-0.39, 0.29) is 23.4 Å². The van der Waals surface area contributed by atoms with Gasteiger partial charge in [-0.25, -0.2) is 4.79 Å². The molecular weight excluding hydrogens is 244 g/mol. The van der Waals surface area contributed by atoms with Gasteiger partial charge >= 0.3 is 5.97 Å². The first-order valence-electron chi connectivity index (χ1n) is 6.07. The first-order valence-corrected chi connectivity index (χ1v) is 6.07. The number of hydrogen-bond acceptors (Lipinski definition) is 3. The minimum absolute atomic E-state index is 0.201. The molecule has 0 heterocycles. The average Bonchev–Trinajstić information content (AvgIpc) is 2.34. The maximum Gasteiger partial charge on any atom is 0.335 e. The molecule has 0 aliphatic carbocycles. The van der Waals surface area contributed by atoms with Gasteiger partial charge in [0.1, 0.15) is 0 Å². The highest BCUT2D eigenvalue weighted by Crippen LogP contribution is 2.17. The van der Waals surface area contributed by atoms with Gasteiger partial charge in [-0.3, -0.25) is 4.79 Å². The lowest BCUT2D eigenvalue weighted by atomic mass is 9.87. The van der Waals surface area contributed by atoms with Crippen LogP contribution in [0.1, 0.15) is 36.7 Å². The molecule has 4 N–H and O–H groups in total. The van der Waals surface area contributed by atoms with Crippen LogP contribution in [0.3, 0.4) is 0 Å². The van der Waals surface area contributed by atoms with Gasteiger partial charge in [-0.2, -0.15) is 0 Å². The number of carboxylic acids is 1. The molecule has 0 radical (unpaired) electrons. The van der Waals surface area contributed by atoms with Crippen LogP contribution < -0.4 is 11.1 Å². The van der Waals surface area contributed by atoms with E-state index in [4.69, 9.17) is 10.8 Å². The predicted molar refractivity (Wildman–Crippen MR) is 72.7 cm³/mol. The lowest BCUT2D eigenvalue weighted by molar-refractivity contribution is -0.124. The summed E-state index contributed by atoms with van der Waals surface area (Å²) in [5.74, 6) is -1.23. The first-order chi connectivity index (χ1) is 8.71. The van der Waals surface area contributed by atoms with Crippen molar-refractivity contribution < 1.29 is 14.7 Å². The largest absolute Gasteiger partial charge is 0.478 e. The minimum atomic E-state index is -0.987. The highest BCUT2D eigenvalue weighted by Gasteiger charge is 2.27. The monoisotopic (exact) mass is 264 g/mol. The Kier molecular flexibility index (Phi) is 4.67. The van der Waals surface area contributed by atoms with Crippen molar-refractivity contribution in [3.05, 3.63) is 35.4 Å². The summed E-state index contributed by atoms with van der Waals surface area (Å²) in [6.07, 6.45) is 0. The number of nitrogens with one attached hydrogen (secondary N) is 1. The third-order valence-electron chi connectivity index (χ3n) is 2.86. The van der Waals surface area contributed by atoms with Gasteiger partial charge in [0.2, 0.25) is 5.91 Å². The lowest BCUT2D eigenvalue weighted by Gasteiger charge is -2.25. The predicted octanol–water partition coefficient (Wildman–Crippen LogP) is 1.37.